The summed E-state index contributed by atoms with van der Waals surface area (Å²) < 4.78 is 9.77. The Balaban J connectivity index is 2.37. The molecule has 0 N–H and O–H groups in total. The van der Waals surface area contributed by atoms with Gasteiger partial charge in [0.15, 0.2) is 0 Å². The van der Waals surface area contributed by atoms with Crippen LogP contribution in [0.3, 0.4) is 0 Å². The molecule has 3 nitrogen and oxygen atoms in total. The maximum absolute atomic E-state index is 11.1. The summed E-state index contributed by atoms with van der Waals surface area (Å²) in [5.74, 6) is -0.281. The Hall–Kier alpha value is -1.06. The van der Waals surface area contributed by atoms with Gasteiger partial charge in [-0.3, -0.25) is 4.79 Å². The molecule has 1 rings (SSSR count). The fourth-order valence-electron chi connectivity index (χ4n) is 1.03. The second-order valence-electron chi connectivity index (χ2n) is 2.99. The number of halogens is 1. The third kappa shape index (κ3) is 4.32. The molecule has 0 aliphatic carbocycles. The molecule has 0 aliphatic rings. The van der Waals surface area contributed by atoms with Crippen molar-refractivity contribution in [2.75, 3.05) is 13.7 Å². The van der Waals surface area contributed by atoms with E-state index < -0.39 is 0 Å². The Labute approximate surface area is 93.9 Å². The number of hydrogen-bond acceptors (Lipinski definition) is 3. The molecule has 0 atom stereocenters. The summed E-state index contributed by atoms with van der Waals surface area (Å²) in [6, 6.07) is 7.27. The van der Waals surface area contributed by atoms with Gasteiger partial charge in [0.25, 0.3) is 0 Å². The molecule has 0 unspecified atom stereocenters. The van der Waals surface area contributed by atoms with Crippen molar-refractivity contribution in [3.8, 4) is 0 Å². The number of rotatable bonds is 5. The normalized spacial score (nSPS) is 10.0. The van der Waals surface area contributed by atoms with Crippen LogP contribution in [0.25, 0.3) is 0 Å². The monoisotopic (exact) mass is 228 g/mol. The second-order valence-corrected chi connectivity index (χ2v) is 3.40. The zero-order chi connectivity index (χ0) is 11.1. The minimum Gasteiger partial charge on any atom is -0.461 e. The Kier molecular flexibility index (Phi) is 5.15. The lowest BCUT2D eigenvalue weighted by molar-refractivity contribution is -0.145. The third-order valence-electron chi connectivity index (χ3n) is 1.86. The number of methoxy groups -OCH3 is 1. The van der Waals surface area contributed by atoms with Gasteiger partial charge in [-0.2, -0.15) is 0 Å². The molecule has 0 saturated carbocycles. The van der Waals surface area contributed by atoms with Gasteiger partial charge in [-0.05, 0) is 6.07 Å². The van der Waals surface area contributed by atoms with Gasteiger partial charge >= 0.3 is 5.97 Å². The number of benzene rings is 1. The fraction of sp³-hybridized carbons (Fsp3) is 0.364. The van der Waals surface area contributed by atoms with E-state index in [1.54, 1.807) is 13.2 Å². The Morgan fingerprint density at radius 3 is 2.80 bits per heavy atom. The van der Waals surface area contributed by atoms with E-state index in [9.17, 15) is 4.79 Å². The molecule has 0 radical (unpaired) electrons. The van der Waals surface area contributed by atoms with E-state index in [0.717, 1.165) is 5.56 Å². The summed E-state index contributed by atoms with van der Waals surface area (Å²) >= 11 is 5.90. The highest BCUT2D eigenvalue weighted by Gasteiger charge is 2.04. The van der Waals surface area contributed by atoms with Crippen molar-refractivity contribution in [1.82, 2.24) is 0 Å². The first kappa shape index (κ1) is 12.0. The third-order valence-corrected chi connectivity index (χ3v) is 2.23. The van der Waals surface area contributed by atoms with Gasteiger partial charge in [0.2, 0.25) is 0 Å². The molecule has 1 aromatic rings. The Morgan fingerprint density at radius 1 is 1.40 bits per heavy atom. The molecule has 0 bridgehead atoms. The van der Waals surface area contributed by atoms with E-state index >= 15 is 0 Å². The van der Waals surface area contributed by atoms with Gasteiger partial charge in [-0.1, -0.05) is 29.8 Å². The van der Waals surface area contributed by atoms with Gasteiger partial charge in [0, 0.05) is 17.7 Å². The van der Waals surface area contributed by atoms with Crippen molar-refractivity contribution in [2.24, 2.45) is 0 Å². The molecule has 0 aromatic heterocycles. The van der Waals surface area contributed by atoms with Gasteiger partial charge < -0.3 is 9.47 Å². The standard InChI is InChI=1S/C11H13ClO3/c1-14-7-6-11(13)15-8-9-4-2-3-5-10(9)12/h2-5H,6-8H2,1H3. The van der Waals surface area contributed by atoms with E-state index in [4.69, 9.17) is 21.1 Å². The summed E-state index contributed by atoms with van der Waals surface area (Å²) in [5.41, 5.74) is 0.810. The lowest BCUT2D eigenvalue weighted by Gasteiger charge is -2.05. The van der Waals surface area contributed by atoms with Crippen molar-refractivity contribution in [1.29, 1.82) is 0 Å². The van der Waals surface area contributed by atoms with Crippen LogP contribution in [0.4, 0.5) is 0 Å². The van der Waals surface area contributed by atoms with Crippen LogP contribution in [0, 0.1) is 0 Å². The first-order chi connectivity index (χ1) is 7.24. The molecular formula is C11H13ClO3. The highest BCUT2D eigenvalue weighted by atomic mass is 35.5. The van der Waals surface area contributed by atoms with Crippen LogP contribution in [0.15, 0.2) is 24.3 Å². The van der Waals surface area contributed by atoms with E-state index in [0.29, 0.717) is 11.6 Å². The van der Waals surface area contributed by atoms with Crippen LogP contribution in [-0.2, 0) is 20.9 Å². The fourth-order valence-corrected chi connectivity index (χ4v) is 1.22. The molecule has 0 amide bonds. The quantitative estimate of drug-likeness (QED) is 0.726. The van der Waals surface area contributed by atoms with Crippen molar-refractivity contribution in [2.45, 2.75) is 13.0 Å². The minimum absolute atomic E-state index is 0.211. The minimum atomic E-state index is -0.281. The van der Waals surface area contributed by atoms with Gasteiger partial charge in [0.1, 0.15) is 6.61 Å². The topological polar surface area (TPSA) is 35.5 Å². The van der Waals surface area contributed by atoms with Gasteiger partial charge in [-0.25, -0.2) is 0 Å². The van der Waals surface area contributed by atoms with E-state index in [2.05, 4.69) is 0 Å². The van der Waals surface area contributed by atoms with Crippen LogP contribution in [0.5, 0.6) is 0 Å². The van der Waals surface area contributed by atoms with E-state index in [1.807, 2.05) is 18.2 Å². The molecule has 0 heterocycles. The van der Waals surface area contributed by atoms with E-state index in [1.165, 1.54) is 0 Å². The highest BCUT2D eigenvalue weighted by Crippen LogP contribution is 2.15. The highest BCUT2D eigenvalue weighted by molar-refractivity contribution is 6.31. The van der Waals surface area contributed by atoms with Crippen molar-refractivity contribution in [3.05, 3.63) is 34.9 Å². The Morgan fingerprint density at radius 2 is 2.13 bits per heavy atom. The molecule has 0 fully saturated rings. The lowest BCUT2D eigenvalue weighted by atomic mass is 10.2. The number of hydrogen-bond donors (Lipinski definition) is 0. The smallest absolute Gasteiger partial charge is 0.308 e. The first-order valence-electron chi connectivity index (χ1n) is 4.62. The predicted molar refractivity (Wildman–Crippen MR) is 57.7 cm³/mol. The summed E-state index contributed by atoms with van der Waals surface area (Å²) in [5, 5.41) is 0.608. The molecule has 0 aliphatic heterocycles. The molecular weight excluding hydrogens is 216 g/mol. The average molecular weight is 229 g/mol. The summed E-state index contributed by atoms with van der Waals surface area (Å²) in [6.07, 6.45) is 0.265. The number of carbonyl (C=O) groups is 1. The van der Waals surface area contributed by atoms with Gasteiger partial charge in [0.05, 0.1) is 13.0 Å². The van der Waals surface area contributed by atoms with Gasteiger partial charge in [-0.15, -0.1) is 0 Å². The number of ether oxygens (including phenoxy) is 2. The van der Waals surface area contributed by atoms with Crippen molar-refractivity contribution >= 4 is 17.6 Å². The largest absolute Gasteiger partial charge is 0.461 e. The first-order valence-corrected chi connectivity index (χ1v) is 5.00. The molecule has 0 saturated heterocycles. The lowest BCUT2D eigenvalue weighted by Crippen LogP contribution is -2.07. The summed E-state index contributed by atoms with van der Waals surface area (Å²) in [4.78, 5) is 11.1. The summed E-state index contributed by atoms with van der Waals surface area (Å²) in [7, 11) is 1.54. The van der Waals surface area contributed by atoms with Crippen molar-refractivity contribution < 1.29 is 14.3 Å². The maximum Gasteiger partial charge on any atom is 0.308 e. The summed E-state index contributed by atoms with van der Waals surface area (Å²) in [6.45, 7) is 0.587. The second kappa shape index (κ2) is 6.43. The van der Waals surface area contributed by atoms with E-state index in [-0.39, 0.29) is 19.0 Å². The molecule has 1 aromatic carbocycles. The average Bonchev–Trinajstić information content (AvgIpc) is 2.25. The van der Waals surface area contributed by atoms with Crippen LogP contribution in [0.1, 0.15) is 12.0 Å². The SMILES string of the molecule is COCCC(=O)OCc1ccccc1Cl. The van der Waals surface area contributed by atoms with Crippen molar-refractivity contribution in [3.63, 3.8) is 0 Å². The number of esters is 1. The van der Waals surface area contributed by atoms with Crippen LogP contribution >= 0.6 is 11.6 Å². The van der Waals surface area contributed by atoms with Crippen LogP contribution in [-0.4, -0.2) is 19.7 Å². The molecule has 0 spiro atoms. The Bertz CT molecular complexity index is 325. The molecule has 4 heteroatoms. The predicted octanol–water partition coefficient (Wildman–Crippen LogP) is 2.42. The zero-order valence-electron chi connectivity index (χ0n) is 8.53. The van der Waals surface area contributed by atoms with Crippen LogP contribution in [0.2, 0.25) is 5.02 Å². The number of carbonyl (C=O) groups excluding carboxylic acids is 1. The molecule has 82 valence electrons. The van der Waals surface area contributed by atoms with Crippen LogP contribution < -0.4 is 0 Å². The molecule has 15 heavy (non-hydrogen) atoms. The maximum atomic E-state index is 11.1. The zero-order valence-corrected chi connectivity index (χ0v) is 9.29.